The van der Waals surface area contributed by atoms with Gasteiger partial charge in [0, 0.05) is 6.04 Å². The molecule has 2 rings (SSSR count). The van der Waals surface area contributed by atoms with Crippen LogP contribution in [0, 0.1) is 0 Å². The van der Waals surface area contributed by atoms with Crippen molar-refractivity contribution in [2.45, 2.75) is 25.0 Å². The van der Waals surface area contributed by atoms with Gasteiger partial charge < -0.3 is 15.6 Å². The first kappa shape index (κ1) is 9.49. The normalized spacial score (nSPS) is 25.6. The van der Waals surface area contributed by atoms with Crippen molar-refractivity contribution in [1.29, 1.82) is 0 Å². The zero-order chi connectivity index (χ0) is 10.1. The van der Waals surface area contributed by atoms with Gasteiger partial charge in [-0.3, -0.25) is 0 Å². The van der Waals surface area contributed by atoms with Crippen LogP contribution >= 0.6 is 0 Å². The van der Waals surface area contributed by atoms with E-state index in [0.717, 1.165) is 24.2 Å². The molecule has 1 aliphatic carbocycles. The van der Waals surface area contributed by atoms with Crippen LogP contribution in [-0.2, 0) is 6.42 Å². The third-order valence-electron chi connectivity index (χ3n) is 2.82. The number of methoxy groups -OCH3 is 1. The lowest BCUT2D eigenvalue weighted by molar-refractivity contribution is 0.133. The van der Waals surface area contributed by atoms with E-state index in [2.05, 4.69) is 0 Å². The first-order valence-corrected chi connectivity index (χ1v) is 4.83. The summed E-state index contributed by atoms with van der Waals surface area (Å²) in [5.74, 6) is 0.775. The van der Waals surface area contributed by atoms with Gasteiger partial charge >= 0.3 is 0 Å². The van der Waals surface area contributed by atoms with Crippen molar-refractivity contribution in [3.63, 3.8) is 0 Å². The Morgan fingerprint density at radius 2 is 2.29 bits per heavy atom. The van der Waals surface area contributed by atoms with Gasteiger partial charge in [0.15, 0.2) is 0 Å². The average molecular weight is 193 g/mol. The summed E-state index contributed by atoms with van der Waals surface area (Å²) in [6.45, 7) is 0. The molecule has 1 aromatic carbocycles. The van der Waals surface area contributed by atoms with Crippen molar-refractivity contribution in [1.82, 2.24) is 0 Å². The highest BCUT2D eigenvalue weighted by Gasteiger charge is 2.25. The fourth-order valence-electron chi connectivity index (χ4n) is 1.91. The van der Waals surface area contributed by atoms with Gasteiger partial charge in [0.2, 0.25) is 0 Å². The van der Waals surface area contributed by atoms with E-state index < -0.39 is 6.10 Å². The minimum Gasteiger partial charge on any atom is -0.497 e. The highest BCUT2D eigenvalue weighted by Crippen LogP contribution is 2.31. The largest absolute Gasteiger partial charge is 0.497 e. The minimum absolute atomic E-state index is 0.144. The van der Waals surface area contributed by atoms with Crippen LogP contribution in [0.5, 0.6) is 5.75 Å². The zero-order valence-electron chi connectivity index (χ0n) is 8.23. The molecule has 0 aromatic heterocycles. The highest BCUT2D eigenvalue weighted by molar-refractivity contribution is 5.39. The Hall–Kier alpha value is -1.06. The summed E-state index contributed by atoms with van der Waals surface area (Å²) in [4.78, 5) is 0. The maximum absolute atomic E-state index is 9.87. The average Bonchev–Trinajstić information content (AvgIpc) is 2.23. The quantitative estimate of drug-likeness (QED) is 0.699. The first-order chi connectivity index (χ1) is 6.72. The molecule has 3 nitrogen and oxygen atoms in total. The first-order valence-electron chi connectivity index (χ1n) is 4.83. The number of ether oxygens (including phenoxy) is 1. The van der Waals surface area contributed by atoms with Crippen LogP contribution < -0.4 is 10.5 Å². The third kappa shape index (κ3) is 1.49. The standard InChI is InChI=1S/C11H15NO2/c1-14-8-4-2-7-3-5-10(12)11(13)9(7)6-8/h2,4,6,10-11,13H,3,5,12H2,1H3. The second-order valence-corrected chi connectivity index (χ2v) is 3.71. The maximum Gasteiger partial charge on any atom is 0.119 e. The number of benzene rings is 1. The van der Waals surface area contributed by atoms with E-state index in [1.165, 1.54) is 5.56 Å². The molecule has 2 unspecified atom stereocenters. The van der Waals surface area contributed by atoms with Gasteiger partial charge in [0.05, 0.1) is 13.2 Å². The molecule has 0 radical (unpaired) electrons. The second kappa shape index (κ2) is 3.59. The molecule has 0 bridgehead atoms. The van der Waals surface area contributed by atoms with Crippen molar-refractivity contribution >= 4 is 0 Å². The number of hydrogen-bond acceptors (Lipinski definition) is 3. The molecule has 14 heavy (non-hydrogen) atoms. The zero-order valence-corrected chi connectivity index (χ0v) is 8.23. The summed E-state index contributed by atoms with van der Waals surface area (Å²) in [5.41, 5.74) is 7.89. The van der Waals surface area contributed by atoms with Crippen molar-refractivity contribution in [3.8, 4) is 5.75 Å². The number of fused-ring (bicyclic) bond motifs is 1. The Morgan fingerprint density at radius 3 is 3.00 bits per heavy atom. The summed E-state index contributed by atoms with van der Waals surface area (Å²) in [7, 11) is 1.62. The van der Waals surface area contributed by atoms with E-state index in [4.69, 9.17) is 10.5 Å². The lowest BCUT2D eigenvalue weighted by Crippen LogP contribution is -2.32. The summed E-state index contributed by atoms with van der Waals surface area (Å²) >= 11 is 0. The Bertz CT molecular complexity index is 338. The number of nitrogens with two attached hydrogens (primary N) is 1. The summed E-state index contributed by atoms with van der Waals surface area (Å²) in [6.07, 6.45) is 1.24. The highest BCUT2D eigenvalue weighted by atomic mass is 16.5. The van der Waals surface area contributed by atoms with Crippen LogP contribution in [0.1, 0.15) is 23.7 Å². The Balaban J connectivity index is 2.41. The van der Waals surface area contributed by atoms with Crippen molar-refractivity contribution in [2.24, 2.45) is 5.73 Å². The third-order valence-corrected chi connectivity index (χ3v) is 2.82. The van der Waals surface area contributed by atoms with Crippen LogP contribution in [0.3, 0.4) is 0 Å². The molecule has 3 N–H and O–H groups in total. The molecule has 1 aliphatic rings. The van der Waals surface area contributed by atoms with Gasteiger partial charge in [-0.05, 0) is 36.1 Å². The Labute approximate surface area is 83.5 Å². The molecule has 1 aromatic rings. The summed E-state index contributed by atoms with van der Waals surface area (Å²) in [5, 5.41) is 9.87. The molecular weight excluding hydrogens is 178 g/mol. The van der Waals surface area contributed by atoms with Gasteiger partial charge in [-0.15, -0.1) is 0 Å². The van der Waals surface area contributed by atoms with Crippen LogP contribution in [0.25, 0.3) is 0 Å². The topological polar surface area (TPSA) is 55.5 Å². The SMILES string of the molecule is COc1ccc2c(c1)C(O)C(N)CC2. The predicted octanol–water partition coefficient (Wildman–Crippen LogP) is 1.00. The monoisotopic (exact) mass is 193 g/mol. The summed E-state index contributed by atoms with van der Waals surface area (Å²) < 4.78 is 5.11. The second-order valence-electron chi connectivity index (χ2n) is 3.71. The van der Waals surface area contributed by atoms with Crippen molar-refractivity contribution < 1.29 is 9.84 Å². The van der Waals surface area contributed by atoms with Crippen molar-refractivity contribution in [3.05, 3.63) is 29.3 Å². The van der Waals surface area contributed by atoms with E-state index >= 15 is 0 Å². The van der Waals surface area contributed by atoms with Crippen LogP contribution in [0.15, 0.2) is 18.2 Å². The molecule has 0 amide bonds. The molecule has 2 atom stereocenters. The number of hydrogen-bond donors (Lipinski definition) is 2. The van der Waals surface area contributed by atoms with Gasteiger partial charge in [-0.25, -0.2) is 0 Å². The fourth-order valence-corrected chi connectivity index (χ4v) is 1.91. The van der Waals surface area contributed by atoms with E-state index in [-0.39, 0.29) is 6.04 Å². The van der Waals surface area contributed by atoms with Gasteiger partial charge in [-0.2, -0.15) is 0 Å². The lowest BCUT2D eigenvalue weighted by atomic mass is 9.86. The van der Waals surface area contributed by atoms with E-state index in [0.29, 0.717) is 0 Å². The van der Waals surface area contributed by atoms with E-state index in [1.54, 1.807) is 7.11 Å². The molecule has 0 heterocycles. The Morgan fingerprint density at radius 1 is 1.50 bits per heavy atom. The number of rotatable bonds is 1. The molecule has 0 saturated heterocycles. The van der Waals surface area contributed by atoms with Gasteiger partial charge in [0.25, 0.3) is 0 Å². The van der Waals surface area contributed by atoms with E-state index in [1.807, 2.05) is 18.2 Å². The molecule has 0 saturated carbocycles. The number of aliphatic hydroxyl groups is 1. The minimum atomic E-state index is -0.547. The Kier molecular flexibility index (Phi) is 2.44. The summed E-state index contributed by atoms with van der Waals surface area (Å²) in [6, 6.07) is 5.65. The maximum atomic E-state index is 9.87. The molecule has 0 fully saturated rings. The predicted molar refractivity (Wildman–Crippen MR) is 54.3 cm³/mol. The van der Waals surface area contributed by atoms with Gasteiger partial charge in [0.1, 0.15) is 5.75 Å². The van der Waals surface area contributed by atoms with Crippen LogP contribution in [-0.4, -0.2) is 18.3 Å². The lowest BCUT2D eigenvalue weighted by Gasteiger charge is -2.27. The van der Waals surface area contributed by atoms with Gasteiger partial charge in [-0.1, -0.05) is 6.07 Å². The van der Waals surface area contributed by atoms with E-state index in [9.17, 15) is 5.11 Å². The van der Waals surface area contributed by atoms with Crippen LogP contribution in [0.4, 0.5) is 0 Å². The smallest absolute Gasteiger partial charge is 0.119 e. The molecule has 3 heteroatoms. The molecule has 0 aliphatic heterocycles. The number of aryl methyl sites for hydroxylation is 1. The molecular formula is C11H15NO2. The van der Waals surface area contributed by atoms with Crippen molar-refractivity contribution in [2.75, 3.05) is 7.11 Å². The molecule has 76 valence electrons. The number of aliphatic hydroxyl groups excluding tert-OH is 1. The fraction of sp³-hybridized carbons (Fsp3) is 0.455. The molecule has 0 spiro atoms. The van der Waals surface area contributed by atoms with Crippen LogP contribution in [0.2, 0.25) is 0 Å².